The minimum atomic E-state index is 0.703. The van der Waals surface area contributed by atoms with E-state index in [1.54, 1.807) is 7.11 Å². The molecular weight excluding hydrogens is 290 g/mol. The predicted molar refractivity (Wildman–Crippen MR) is 77.2 cm³/mol. The van der Waals surface area contributed by atoms with Crippen LogP contribution >= 0.6 is 15.9 Å². The van der Waals surface area contributed by atoms with E-state index >= 15 is 0 Å². The number of methoxy groups -OCH3 is 1. The van der Waals surface area contributed by atoms with Crippen LogP contribution in [0.1, 0.15) is 24.0 Å². The Morgan fingerprint density at radius 2 is 2.11 bits per heavy atom. The van der Waals surface area contributed by atoms with E-state index in [0.717, 1.165) is 18.1 Å². The highest BCUT2D eigenvalue weighted by atomic mass is 79.9. The second-order valence-electron chi connectivity index (χ2n) is 5.57. The van der Waals surface area contributed by atoms with E-state index in [4.69, 9.17) is 4.74 Å². The number of likely N-dealkylation sites (tertiary alicyclic amines) is 1. The summed E-state index contributed by atoms with van der Waals surface area (Å²) in [5, 5.41) is 0. The molecule has 0 unspecified atom stereocenters. The van der Waals surface area contributed by atoms with E-state index < -0.39 is 0 Å². The van der Waals surface area contributed by atoms with Gasteiger partial charge in [-0.2, -0.15) is 0 Å². The molecule has 0 spiro atoms. The zero-order valence-corrected chi connectivity index (χ0v) is 12.7. The highest BCUT2D eigenvalue weighted by Crippen LogP contribution is 2.40. The molecule has 18 heavy (non-hydrogen) atoms. The van der Waals surface area contributed by atoms with Crippen molar-refractivity contribution in [3.8, 4) is 5.75 Å². The lowest BCUT2D eigenvalue weighted by Gasteiger charge is -2.43. The number of likely N-dealkylation sites (N-methyl/N-ethyl adjacent to an activating group) is 1. The van der Waals surface area contributed by atoms with Crippen LogP contribution in [-0.2, 0) is 12.8 Å². The zero-order chi connectivity index (χ0) is 12.7. The number of rotatable bonds is 1. The van der Waals surface area contributed by atoms with Crippen molar-refractivity contribution in [2.24, 2.45) is 5.92 Å². The molecule has 1 aromatic carbocycles. The summed E-state index contributed by atoms with van der Waals surface area (Å²) in [6.45, 7) is 1.24. The molecule has 1 fully saturated rings. The molecule has 0 bridgehead atoms. The Hall–Kier alpha value is -0.540. The molecule has 0 saturated carbocycles. The summed E-state index contributed by atoms with van der Waals surface area (Å²) in [7, 11) is 4.05. The van der Waals surface area contributed by atoms with E-state index in [1.807, 2.05) is 0 Å². The van der Waals surface area contributed by atoms with Crippen LogP contribution in [0, 0.1) is 5.92 Å². The summed E-state index contributed by atoms with van der Waals surface area (Å²) in [4.78, 5) is 2.54. The topological polar surface area (TPSA) is 12.5 Å². The van der Waals surface area contributed by atoms with Gasteiger partial charge in [-0.25, -0.2) is 0 Å². The Bertz CT molecular complexity index is 460. The normalized spacial score (nSPS) is 27.5. The van der Waals surface area contributed by atoms with Gasteiger partial charge in [0.05, 0.1) is 7.11 Å². The average Bonchev–Trinajstić information content (AvgIpc) is 2.39. The smallest absolute Gasteiger partial charge is 0.122 e. The number of benzene rings is 1. The summed E-state index contributed by atoms with van der Waals surface area (Å²) in [5.41, 5.74) is 2.90. The maximum absolute atomic E-state index is 5.54. The van der Waals surface area contributed by atoms with Crippen molar-refractivity contribution in [3.05, 3.63) is 27.7 Å². The molecule has 1 aromatic rings. The molecule has 1 saturated heterocycles. The number of fused-ring (bicyclic) bond motifs is 2. The first kappa shape index (κ1) is 12.5. The standard InChI is InChI=1S/C15H20BrNO/c1-17-7-3-4-10-8-11-12(9-14(10)17)15(18-2)6-5-13(11)16/h5-6,10,14H,3-4,7-9H2,1-2H3/t10-,14-/m0/s1. The molecule has 3 heteroatoms. The molecular formula is C15H20BrNO. The van der Waals surface area contributed by atoms with Gasteiger partial charge >= 0.3 is 0 Å². The Kier molecular flexibility index (Phi) is 3.37. The number of nitrogens with zero attached hydrogens (tertiary/aromatic N) is 1. The maximum atomic E-state index is 5.54. The van der Waals surface area contributed by atoms with Crippen LogP contribution in [0.2, 0.25) is 0 Å². The number of hydrogen-bond acceptors (Lipinski definition) is 2. The Labute approximate surface area is 117 Å². The van der Waals surface area contributed by atoms with Gasteiger partial charge in [-0.3, -0.25) is 0 Å². The van der Waals surface area contributed by atoms with Gasteiger partial charge in [-0.15, -0.1) is 0 Å². The van der Waals surface area contributed by atoms with E-state index in [0.29, 0.717) is 6.04 Å². The first-order valence-electron chi connectivity index (χ1n) is 6.75. The van der Waals surface area contributed by atoms with Crippen LogP contribution in [0.3, 0.4) is 0 Å². The lowest BCUT2D eigenvalue weighted by molar-refractivity contribution is 0.111. The first-order valence-corrected chi connectivity index (χ1v) is 7.54. The third-order valence-corrected chi connectivity index (χ3v) is 5.37. The highest BCUT2D eigenvalue weighted by Gasteiger charge is 2.35. The lowest BCUT2D eigenvalue weighted by Crippen LogP contribution is -2.47. The van der Waals surface area contributed by atoms with Crippen LogP contribution in [0.25, 0.3) is 0 Å². The fourth-order valence-electron chi connectivity index (χ4n) is 3.63. The molecule has 1 aliphatic heterocycles. The van der Waals surface area contributed by atoms with E-state index in [2.05, 4.69) is 40.0 Å². The minimum absolute atomic E-state index is 0.703. The quantitative estimate of drug-likeness (QED) is 0.789. The van der Waals surface area contributed by atoms with Gasteiger partial charge in [-0.1, -0.05) is 15.9 Å². The number of piperidine rings is 1. The van der Waals surface area contributed by atoms with Crippen molar-refractivity contribution >= 4 is 15.9 Å². The van der Waals surface area contributed by atoms with Gasteiger partial charge in [0, 0.05) is 10.5 Å². The van der Waals surface area contributed by atoms with Crippen molar-refractivity contribution < 1.29 is 4.74 Å². The van der Waals surface area contributed by atoms with Crippen molar-refractivity contribution in [1.29, 1.82) is 0 Å². The number of hydrogen-bond donors (Lipinski definition) is 0. The van der Waals surface area contributed by atoms with E-state index in [-0.39, 0.29) is 0 Å². The van der Waals surface area contributed by atoms with Crippen molar-refractivity contribution in [2.75, 3.05) is 20.7 Å². The van der Waals surface area contributed by atoms with Crippen LogP contribution in [0.4, 0.5) is 0 Å². The third kappa shape index (κ3) is 1.97. The average molecular weight is 310 g/mol. The van der Waals surface area contributed by atoms with Crippen molar-refractivity contribution in [3.63, 3.8) is 0 Å². The van der Waals surface area contributed by atoms with Crippen LogP contribution < -0.4 is 4.74 Å². The minimum Gasteiger partial charge on any atom is -0.496 e. The molecule has 2 aliphatic rings. The van der Waals surface area contributed by atoms with Crippen LogP contribution in [0.5, 0.6) is 5.75 Å². The largest absolute Gasteiger partial charge is 0.496 e. The summed E-state index contributed by atoms with van der Waals surface area (Å²) in [5.74, 6) is 1.88. The molecule has 98 valence electrons. The van der Waals surface area contributed by atoms with Crippen LogP contribution in [0.15, 0.2) is 16.6 Å². The molecule has 2 nitrogen and oxygen atoms in total. The van der Waals surface area contributed by atoms with E-state index in [9.17, 15) is 0 Å². The molecule has 0 amide bonds. The maximum Gasteiger partial charge on any atom is 0.122 e. The first-order chi connectivity index (χ1) is 8.70. The van der Waals surface area contributed by atoms with Crippen LogP contribution in [-0.4, -0.2) is 31.6 Å². The number of ether oxygens (including phenoxy) is 1. The number of halogens is 1. The molecule has 1 heterocycles. The Balaban J connectivity index is 2.01. The zero-order valence-electron chi connectivity index (χ0n) is 11.1. The Morgan fingerprint density at radius 3 is 2.89 bits per heavy atom. The summed E-state index contributed by atoms with van der Waals surface area (Å²) >= 11 is 3.71. The summed E-state index contributed by atoms with van der Waals surface area (Å²) < 4.78 is 6.80. The predicted octanol–water partition coefficient (Wildman–Crippen LogP) is 3.27. The lowest BCUT2D eigenvalue weighted by atomic mass is 9.75. The van der Waals surface area contributed by atoms with Crippen molar-refractivity contribution in [1.82, 2.24) is 4.90 Å². The molecule has 1 aliphatic carbocycles. The van der Waals surface area contributed by atoms with Gasteiger partial charge in [0.2, 0.25) is 0 Å². The summed E-state index contributed by atoms with van der Waals surface area (Å²) in [6, 6.07) is 4.92. The second kappa shape index (κ2) is 4.86. The highest BCUT2D eigenvalue weighted by molar-refractivity contribution is 9.10. The SMILES string of the molecule is COc1ccc(Br)c2c1C[C@H]1[C@@H](CCCN1C)C2. The molecule has 3 rings (SSSR count). The fourth-order valence-corrected chi connectivity index (χ4v) is 4.16. The summed E-state index contributed by atoms with van der Waals surface area (Å²) in [6.07, 6.45) is 5.05. The molecule has 0 aromatic heterocycles. The van der Waals surface area contributed by atoms with Gasteiger partial charge in [-0.05, 0) is 68.5 Å². The monoisotopic (exact) mass is 309 g/mol. The van der Waals surface area contributed by atoms with E-state index in [1.165, 1.54) is 41.4 Å². The van der Waals surface area contributed by atoms with Crippen molar-refractivity contribution in [2.45, 2.75) is 31.7 Å². The Morgan fingerprint density at radius 1 is 1.28 bits per heavy atom. The van der Waals surface area contributed by atoms with Gasteiger partial charge < -0.3 is 9.64 Å². The van der Waals surface area contributed by atoms with Gasteiger partial charge in [0.25, 0.3) is 0 Å². The van der Waals surface area contributed by atoms with Gasteiger partial charge in [0.15, 0.2) is 0 Å². The second-order valence-corrected chi connectivity index (χ2v) is 6.42. The molecule has 2 atom stereocenters. The fraction of sp³-hybridized carbons (Fsp3) is 0.600. The molecule has 0 radical (unpaired) electrons. The van der Waals surface area contributed by atoms with Gasteiger partial charge in [0.1, 0.15) is 5.75 Å². The molecule has 0 N–H and O–H groups in total. The third-order valence-electron chi connectivity index (χ3n) is 4.63.